The lowest BCUT2D eigenvalue weighted by atomic mass is 10.2. The number of carbonyl (C=O) groups excluding carboxylic acids is 2. The number of hydrogen-bond acceptors (Lipinski definition) is 2. The number of halogens is 1. The molecule has 21 heavy (non-hydrogen) atoms. The van der Waals surface area contributed by atoms with Crippen LogP contribution < -0.4 is 10.6 Å². The maximum absolute atomic E-state index is 12.1. The zero-order valence-corrected chi connectivity index (χ0v) is 13.7. The largest absolute Gasteiger partial charge is 0.326 e. The van der Waals surface area contributed by atoms with Gasteiger partial charge in [0.05, 0.1) is 0 Å². The first-order chi connectivity index (χ1) is 10.1. The molecule has 0 aliphatic rings. The number of hydrogen-bond donors (Lipinski definition) is 2. The fourth-order valence-electron chi connectivity index (χ4n) is 1.73. The van der Waals surface area contributed by atoms with E-state index in [2.05, 4.69) is 33.2 Å². The van der Waals surface area contributed by atoms with Crippen molar-refractivity contribution in [3.63, 3.8) is 0 Å². The number of rotatable bonds is 4. The average Bonchev–Trinajstić information content (AvgIpc) is 2.48. The molecule has 0 atom stereocenters. The molecule has 0 aliphatic carbocycles. The zero-order chi connectivity index (χ0) is 15.2. The lowest BCUT2D eigenvalue weighted by Gasteiger charge is -2.08. The molecule has 2 rings (SSSR count). The molecule has 2 aromatic rings. The van der Waals surface area contributed by atoms with E-state index in [-0.39, 0.29) is 11.8 Å². The zero-order valence-electron chi connectivity index (χ0n) is 11.5. The van der Waals surface area contributed by atoms with Gasteiger partial charge in [0.25, 0.3) is 5.91 Å². The van der Waals surface area contributed by atoms with Crippen molar-refractivity contribution < 1.29 is 9.59 Å². The second-order valence-corrected chi connectivity index (χ2v) is 5.69. The van der Waals surface area contributed by atoms with Crippen molar-refractivity contribution in [2.24, 2.45) is 0 Å². The molecule has 0 spiro atoms. The van der Waals surface area contributed by atoms with Gasteiger partial charge in [0, 0.05) is 26.9 Å². The minimum Gasteiger partial charge on any atom is -0.326 e. The summed E-state index contributed by atoms with van der Waals surface area (Å²) in [7, 11) is 0. The lowest BCUT2D eigenvalue weighted by molar-refractivity contribution is -0.115. The van der Waals surface area contributed by atoms with E-state index in [0.717, 1.165) is 3.57 Å². The lowest BCUT2D eigenvalue weighted by Crippen LogP contribution is -2.13. The number of amides is 2. The topological polar surface area (TPSA) is 58.2 Å². The average molecular weight is 394 g/mol. The second-order valence-electron chi connectivity index (χ2n) is 4.44. The molecular formula is C16H15IN2O2. The van der Waals surface area contributed by atoms with Crippen molar-refractivity contribution in [2.75, 3.05) is 10.6 Å². The Balaban J connectivity index is 2.08. The third-order valence-electron chi connectivity index (χ3n) is 2.83. The highest BCUT2D eigenvalue weighted by Gasteiger charge is 2.06. The third-order valence-corrected chi connectivity index (χ3v) is 3.55. The van der Waals surface area contributed by atoms with Crippen molar-refractivity contribution in [1.82, 2.24) is 0 Å². The molecule has 2 amide bonds. The molecule has 0 unspecified atom stereocenters. The van der Waals surface area contributed by atoms with Crippen LogP contribution >= 0.6 is 22.6 Å². The fraction of sp³-hybridized carbons (Fsp3) is 0.125. The van der Waals surface area contributed by atoms with Crippen LogP contribution in [0.1, 0.15) is 23.7 Å². The Hall–Kier alpha value is -1.89. The Morgan fingerprint density at radius 1 is 1.00 bits per heavy atom. The highest BCUT2D eigenvalue weighted by atomic mass is 127. The predicted octanol–water partition coefficient (Wildman–Crippen LogP) is 3.89. The first kappa shape index (κ1) is 15.5. The van der Waals surface area contributed by atoms with Gasteiger partial charge in [0.2, 0.25) is 5.91 Å². The summed E-state index contributed by atoms with van der Waals surface area (Å²) in [6.07, 6.45) is 0.416. The summed E-state index contributed by atoms with van der Waals surface area (Å²) in [5.41, 5.74) is 1.91. The summed E-state index contributed by atoms with van der Waals surface area (Å²) >= 11 is 2.19. The van der Waals surface area contributed by atoms with Crippen molar-refractivity contribution >= 4 is 45.8 Å². The molecule has 0 aliphatic heterocycles. The van der Waals surface area contributed by atoms with Gasteiger partial charge in [-0.05, 0) is 65.1 Å². The summed E-state index contributed by atoms with van der Waals surface area (Å²) in [5.74, 6) is -0.235. The molecule has 0 fully saturated rings. The smallest absolute Gasteiger partial charge is 0.255 e. The van der Waals surface area contributed by atoms with Gasteiger partial charge in [-0.15, -0.1) is 0 Å². The van der Waals surface area contributed by atoms with Crippen molar-refractivity contribution in [3.05, 3.63) is 57.7 Å². The van der Waals surface area contributed by atoms with E-state index in [9.17, 15) is 9.59 Å². The van der Waals surface area contributed by atoms with Crippen LogP contribution in [-0.4, -0.2) is 11.8 Å². The molecule has 2 N–H and O–H groups in total. The van der Waals surface area contributed by atoms with Gasteiger partial charge >= 0.3 is 0 Å². The maximum atomic E-state index is 12.1. The highest BCUT2D eigenvalue weighted by molar-refractivity contribution is 14.1. The third kappa shape index (κ3) is 4.56. The van der Waals surface area contributed by atoms with Crippen molar-refractivity contribution in [2.45, 2.75) is 13.3 Å². The number of anilines is 2. The van der Waals surface area contributed by atoms with Crippen LogP contribution in [0.2, 0.25) is 0 Å². The molecule has 5 heteroatoms. The minimum absolute atomic E-state index is 0.0592. The van der Waals surface area contributed by atoms with E-state index in [4.69, 9.17) is 0 Å². The molecule has 0 heterocycles. The van der Waals surface area contributed by atoms with Crippen LogP contribution in [-0.2, 0) is 4.79 Å². The van der Waals surface area contributed by atoms with Crippen LogP contribution in [0.3, 0.4) is 0 Å². The molecular weight excluding hydrogens is 379 g/mol. The second kappa shape index (κ2) is 7.21. The molecule has 4 nitrogen and oxygen atoms in total. The van der Waals surface area contributed by atoms with Gasteiger partial charge in [0.1, 0.15) is 0 Å². The van der Waals surface area contributed by atoms with Gasteiger partial charge in [0.15, 0.2) is 0 Å². The van der Waals surface area contributed by atoms with E-state index in [1.807, 2.05) is 12.1 Å². The van der Waals surface area contributed by atoms with Crippen LogP contribution in [0.4, 0.5) is 11.4 Å². The standard InChI is InChI=1S/C16H15IN2O2/c1-2-15(20)18-13-4-3-5-14(10-13)19-16(21)11-6-8-12(17)9-7-11/h3-10H,2H2,1H3,(H,18,20)(H,19,21). The van der Waals surface area contributed by atoms with Gasteiger partial charge < -0.3 is 10.6 Å². The monoisotopic (exact) mass is 394 g/mol. The number of carbonyl (C=O) groups is 2. The normalized spacial score (nSPS) is 10.0. The first-order valence-corrected chi connectivity index (χ1v) is 7.63. The molecule has 2 aromatic carbocycles. The molecule has 108 valence electrons. The van der Waals surface area contributed by atoms with Crippen LogP contribution in [0.25, 0.3) is 0 Å². The Labute approximate surface area is 137 Å². The van der Waals surface area contributed by atoms with E-state index in [1.54, 1.807) is 43.3 Å². The Kier molecular flexibility index (Phi) is 5.32. The van der Waals surface area contributed by atoms with Gasteiger partial charge in [-0.2, -0.15) is 0 Å². The summed E-state index contributed by atoms with van der Waals surface area (Å²) < 4.78 is 1.08. The van der Waals surface area contributed by atoms with Crippen molar-refractivity contribution in [1.29, 1.82) is 0 Å². The van der Waals surface area contributed by atoms with E-state index in [0.29, 0.717) is 23.4 Å². The quantitative estimate of drug-likeness (QED) is 0.774. The Morgan fingerprint density at radius 2 is 1.62 bits per heavy atom. The minimum atomic E-state index is -0.176. The molecule has 0 bridgehead atoms. The Morgan fingerprint density at radius 3 is 2.24 bits per heavy atom. The molecule has 0 aromatic heterocycles. The first-order valence-electron chi connectivity index (χ1n) is 6.55. The Bertz CT molecular complexity index is 654. The molecule has 0 saturated heterocycles. The van der Waals surface area contributed by atoms with E-state index in [1.165, 1.54) is 0 Å². The predicted molar refractivity (Wildman–Crippen MR) is 92.5 cm³/mol. The molecule has 0 saturated carbocycles. The summed E-state index contributed by atoms with van der Waals surface area (Å²) in [5, 5.41) is 5.58. The number of nitrogens with one attached hydrogen (secondary N) is 2. The van der Waals surface area contributed by atoms with Gasteiger partial charge in [-0.1, -0.05) is 13.0 Å². The van der Waals surface area contributed by atoms with Crippen LogP contribution in [0, 0.1) is 3.57 Å². The number of benzene rings is 2. The fourth-order valence-corrected chi connectivity index (χ4v) is 2.09. The highest BCUT2D eigenvalue weighted by Crippen LogP contribution is 2.16. The van der Waals surface area contributed by atoms with Crippen LogP contribution in [0.15, 0.2) is 48.5 Å². The maximum Gasteiger partial charge on any atom is 0.255 e. The van der Waals surface area contributed by atoms with Gasteiger partial charge in [-0.3, -0.25) is 9.59 Å². The van der Waals surface area contributed by atoms with E-state index < -0.39 is 0 Å². The van der Waals surface area contributed by atoms with Gasteiger partial charge in [-0.25, -0.2) is 0 Å². The summed E-state index contributed by atoms with van der Waals surface area (Å²) in [6, 6.07) is 14.4. The SMILES string of the molecule is CCC(=O)Nc1cccc(NC(=O)c2ccc(I)cc2)c1. The van der Waals surface area contributed by atoms with Crippen LogP contribution in [0.5, 0.6) is 0 Å². The summed E-state index contributed by atoms with van der Waals surface area (Å²) in [4.78, 5) is 23.5. The van der Waals surface area contributed by atoms with Crippen molar-refractivity contribution in [3.8, 4) is 0 Å². The molecule has 0 radical (unpaired) electrons. The summed E-state index contributed by atoms with van der Waals surface area (Å²) in [6.45, 7) is 1.79. The van der Waals surface area contributed by atoms with E-state index >= 15 is 0 Å².